The maximum atomic E-state index is 5.42. The van der Waals surface area contributed by atoms with Crippen LogP contribution < -0.4 is 21.7 Å². The minimum absolute atomic E-state index is 0.793. The van der Waals surface area contributed by atoms with E-state index in [9.17, 15) is 0 Å². The molecule has 0 fully saturated rings. The molecule has 0 rings (SSSR count). The Morgan fingerprint density at radius 3 is 1.56 bits per heavy atom. The fourth-order valence-corrected chi connectivity index (χ4v) is 1.74. The first-order valence-electron chi connectivity index (χ1n) is 7.74. The van der Waals surface area contributed by atoms with Crippen molar-refractivity contribution in [2.75, 3.05) is 45.8 Å². The van der Waals surface area contributed by atoms with E-state index in [2.05, 4.69) is 22.9 Å². The maximum Gasteiger partial charge on any atom is -0.00368 e. The molecule has 0 unspecified atom stereocenters. The minimum atomic E-state index is 0.793. The van der Waals surface area contributed by atoms with Crippen molar-refractivity contribution in [2.24, 2.45) is 5.73 Å². The fraction of sp³-hybridized carbons (Fsp3) is 1.00. The Hall–Kier alpha value is -0.160. The largest absolute Gasteiger partial charge is 0.330 e. The summed E-state index contributed by atoms with van der Waals surface area (Å²) >= 11 is 0. The molecular weight excluding hydrogens is 224 g/mol. The van der Waals surface area contributed by atoms with Crippen LogP contribution in [-0.2, 0) is 0 Å². The highest BCUT2D eigenvalue weighted by Crippen LogP contribution is 1.86. The zero-order valence-electron chi connectivity index (χ0n) is 12.3. The van der Waals surface area contributed by atoms with Crippen LogP contribution in [0.4, 0.5) is 0 Å². The van der Waals surface area contributed by atoms with Gasteiger partial charge in [0.05, 0.1) is 0 Å². The van der Waals surface area contributed by atoms with Crippen LogP contribution in [0, 0.1) is 0 Å². The Labute approximate surface area is 113 Å². The van der Waals surface area contributed by atoms with E-state index < -0.39 is 0 Å². The predicted octanol–water partition coefficient (Wildman–Crippen LogP) is 1.07. The highest BCUT2D eigenvalue weighted by molar-refractivity contribution is 4.54. The van der Waals surface area contributed by atoms with Gasteiger partial charge in [0.15, 0.2) is 0 Å². The molecule has 0 spiro atoms. The number of rotatable bonds is 15. The molecule has 0 amide bonds. The number of hydrogen-bond donors (Lipinski definition) is 4. The predicted molar refractivity (Wildman–Crippen MR) is 81.0 cm³/mol. The van der Waals surface area contributed by atoms with Gasteiger partial charge in [-0.2, -0.15) is 0 Å². The Kier molecular flexibility index (Phi) is 16.7. The summed E-state index contributed by atoms with van der Waals surface area (Å²) < 4.78 is 0. The first kappa shape index (κ1) is 17.8. The summed E-state index contributed by atoms with van der Waals surface area (Å²) in [6.07, 6.45) is 7.42. The van der Waals surface area contributed by atoms with Gasteiger partial charge in [-0.1, -0.05) is 13.3 Å². The number of unbranched alkanes of at least 4 members (excludes halogenated alkanes) is 2. The fourth-order valence-electron chi connectivity index (χ4n) is 1.74. The van der Waals surface area contributed by atoms with Gasteiger partial charge in [0.1, 0.15) is 0 Å². The number of hydrogen-bond acceptors (Lipinski definition) is 4. The molecule has 4 heteroatoms. The topological polar surface area (TPSA) is 62.1 Å². The molecule has 0 aliphatic heterocycles. The third kappa shape index (κ3) is 15.8. The lowest BCUT2D eigenvalue weighted by molar-refractivity contribution is 0.552. The van der Waals surface area contributed by atoms with Crippen molar-refractivity contribution in [1.29, 1.82) is 0 Å². The second kappa shape index (κ2) is 16.8. The highest BCUT2D eigenvalue weighted by atomic mass is 14.9. The Balaban J connectivity index is 2.86. The molecule has 0 bridgehead atoms. The molecule has 0 atom stereocenters. The molecule has 0 aliphatic carbocycles. The van der Waals surface area contributed by atoms with Gasteiger partial charge in [-0.3, -0.25) is 0 Å². The van der Waals surface area contributed by atoms with Crippen LogP contribution in [0.5, 0.6) is 0 Å². The summed E-state index contributed by atoms with van der Waals surface area (Å²) in [5, 5.41) is 10.3. The Bertz CT molecular complexity index is 126. The van der Waals surface area contributed by atoms with E-state index in [0.717, 1.165) is 45.7 Å². The van der Waals surface area contributed by atoms with Crippen LogP contribution in [0.2, 0.25) is 0 Å². The van der Waals surface area contributed by atoms with Crippen LogP contribution in [0.25, 0.3) is 0 Å². The SMILES string of the molecule is CCCCNCCCNCCCCNCCCN. The summed E-state index contributed by atoms with van der Waals surface area (Å²) in [5.41, 5.74) is 5.42. The van der Waals surface area contributed by atoms with Crippen LogP contribution in [0.3, 0.4) is 0 Å². The molecule has 18 heavy (non-hydrogen) atoms. The molecule has 0 heterocycles. The van der Waals surface area contributed by atoms with Gasteiger partial charge in [-0.05, 0) is 77.9 Å². The van der Waals surface area contributed by atoms with E-state index in [1.807, 2.05) is 0 Å². The van der Waals surface area contributed by atoms with Crippen molar-refractivity contribution in [1.82, 2.24) is 16.0 Å². The summed E-state index contributed by atoms with van der Waals surface area (Å²) in [7, 11) is 0. The monoisotopic (exact) mass is 258 g/mol. The van der Waals surface area contributed by atoms with E-state index in [1.165, 1.54) is 38.6 Å². The Morgan fingerprint density at radius 1 is 0.611 bits per heavy atom. The van der Waals surface area contributed by atoms with Crippen LogP contribution in [0.1, 0.15) is 45.4 Å². The second-order valence-electron chi connectivity index (χ2n) is 4.81. The van der Waals surface area contributed by atoms with Crippen molar-refractivity contribution in [2.45, 2.75) is 45.4 Å². The number of nitrogens with two attached hydrogens (primary N) is 1. The summed E-state index contributed by atoms with van der Waals surface area (Å²) in [6, 6.07) is 0. The molecule has 0 aromatic heterocycles. The lowest BCUT2D eigenvalue weighted by atomic mass is 10.3. The van der Waals surface area contributed by atoms with Crippen LogP contribution in [-0.4, -0.2) is 45.8 Å². The average Bonchev–Trinajstić information content (AvgIpc) is 2.39. The van der Waals surface area contributed by atoms with Crippen molar-refractivity contribution in [3.63, 3.8) is 0 Å². The van der Waals surface area contributed by atoms with Gasteiger partial charge in [-0.25, -0.2) is 0 Å². The lowest BCUT2D eigenvalue weighted by Crippen LogP contribution is -2.24. The molecule has 5 N–H and O–H groups in total. The average molecular weight is 258 g/mol. The standard InChI is InChI=1S/C14H34N4/c1-2-3-9-16-13-7-14-18-11-5-4-10-17-12-6-8-15/h16-18H,2-15H2,1H3. The van der Waals surface area contributed by atoms with Crippen molar-refractivity contribution in [3.05, 3.63) is 0 Å². The molecule has 0 aromatic carbocycles. The first-order chi connectivity index (χ1) is 8.91. The van der Waals surface area contributed by atoms with Crippen molar-refractivity contribution in [3.8, 4) is 0 Å². The second-order valence-corrected chi connectivity index (χ2v) is 4.81. The zero-order valence-corrected chi connectivity index (χ0v) is 12.3. The summed E-state index contributed by atoms with van der Waals surface area (Å²) in [4.78, 5) is 0. The third-order valence-electron chi connectivity index (χ3n) is 2.93. The summed E-state index contributed by atoms with van der Waals surface area (Å²) in [5.74, 6) is 0. The van der Waals surface area contributed by atoms with E-state index in [0.29, 0.717) is 0 Å². The van der Waals surface area contributed by atoms with E-state index in [4.69, 9.17) is 5.73 Å². The van der Waals surface area contributed by atoms with E-state index >= 15 is 0 Å². The Morgan fingerprint density at radius 2 is 1.06 bits per heavy atom. The smallest absolute Gasteiger partial charge is 0.00368 e. The van der Waals surface area contributed by atoms with Gasteiger partial charge in [0.2, 0.25) is 0 Å². The van der Waals surface area contributed by atoms with Gasteiger partial charge in [0, 0.05) is 0 Å². The van der Waals surface area contributed by atoms with Gasteiger partial charge < -0.3 is 21.7 Å². The molecule has 0 saturated carbocycles. The molecule has 4 nitrogen and oxygen atoms in total. The quantitative estimate of drug-likeness (QED) is 0.332. The normalized spacial score (nSPS) is 11.0. The highest BCUT2D eigenvalue weighted by Gasteiger charge is 1.91. The summed E-state index contributed by atoms with van der Waals surface area (Å²) in [6.45, 7) is 9.81. The van der Waals surface area contributed by atoms with Gasteiger partial charge >= 0.3 is 0 Å². The van der Waals surface area contributed by atoms with Crippen molar-refractivity contribution < 1.29 is 0 Å². The molecule has 0 aromatic rings. The van der Waals surface area contributed by atoms with Crippen LogP contribution in [0.15, 0.2) is 0 Å². The van der Waals surface area contributed by atoms with E-state index in [1.54, 1.807) is 0 Å². The lowest BCUT2D eigenvalue weighted by Gasteiger charge is -2.06. The molecule has 0 saturated heterocycles. The first-order valence-corrected chi connectivity index (χ1v) is 7.74. The van der Waals surface area contributed by atoms with Crippen molar-refractivity contribution >= 4 is 0 Å². The minimum Gasteiger partial charge on any atom is -0.330 e. The molecule has 110 valence electrons. The zero-order chi connectivity index (χ0) is 13.3. The van der Waals surface area contributed by atoms with Gasteiger partial charge in [-0.15, -0.1) is 0 Å². The maximum absolute atomic E-state index is 5.42. The third-order valence-corrected chi connectivity index (χ3v) is 2.93. The van der Waals surface area contributed by atoms with E-state index in [-0.39, 0.29) is 0 Å². The molecule has 0 aliphatic rings. The molecular formula is C14H34N4. The number of nitrogens with one attached hydrogen (secondary N) is 3. The van der Waals surface area contributed by atoms with Gasteiger partial charge in [0.25, 0.3) is 0 Å². The molecule has 0 radical (unpaired) electrons. The van der Waals surface area contributed by atoms with Crippen LogP contribution >= 0.6 is 0 Å².